The highest BCUT2D eigenvalue weighted by atomic mass is 32.2. The van der Waals surface area contributed by atoms with Crippen molar-refractivity contribution in [3.63, 3.8) is 0 Å². The van der Waals surface area contributed by atoms with E-state index in [2.05, 4.69) is 5.32 Å². The number of carbonyl (C=O) groups is 3. The number of nitrogens with zero attached hydrogens (tertiary/aromatic N) is 2. The van der Waals surface area contributed by atoms with Gasteiger partial charge in [-0.1, -0.05) is 25.1 Å². The van der Waals surface area contributed by atoms with E-state index >= 15 is 0 Å². The first kappa shape index (κ1) is 25.7. The maximum atomic E-state index is 13.2. The maximum Gasteiger partial charge on any atom is 0.253 e. The summed E-state index contributed by atoms with van der Waals surface area (Å²) in [6.45, 7) is 5.76. The first-order valence-corrected chi connectivity index (χ1v) is 12.8. The molecule has 3 amide bonds. The van der Waals surface area contributed by atoms with Crippen LogP contribution in [0.25, 0.3) is 0 Å². The van der Waals surface area contributed by atoms with Gasteiger partial charge in [-0.2, -0.15) is 0 Å². The second-order valence-electron chi connectivity index (χ2n) is 8.43. The highest BCUT2D eigenvalue weighted by Gasteiger charge is 2.31. The fourth-order valence-electron chi connectivity index (χ4n) is 4.09. The average Bonchev–Trinajstić information content (AvgIpc) is 2.87. The second kappa shape index (κ2) is 12.6. The first-order chi connectivity index (χ1) is 16.4. The Morgan fingerprint density at radius 1 is 1.09 bits per heavy atom. The van der Waals surface area contributed by atoms with Gasteiger partial charge in [0.25, 0.3) is 5.91 Å². The van der Waals surface area contributed by atoms with Gasteiger partial charge in [-0.15, -0.1) is 11.8 Å². The van der Waals surface area contributed by atoms with Gasteiger partial charge in [-0.3, -0.25) is 14.4 Å². The minimum Gasteiger partial charge on any atom is -0.339 e. The van der Waals surface area contributed by atoms with Crippen molar-refractivity contribution in [2.24, 2.45) is 0 Å². The van der Waals surface area contributed by atoms with Crippen LogP contribution in [0.4, 0.5) is 10.1 Å². The zero-order valence-electron chi connectivity index (χ0n) is 19.7. The third-order valence-corrected chi connectivity index (χ3v) is 7.03. The molecule has 34 heavy (non-hydrogen) atoms. The molecule has 8 heteroatoms. The molecule has 1 atom stereocenters. The average molecular weight is 486 g/mol. The standard InChI is InChI=1S/C26H32FN3O3S/c1-3-15-30(23-13-16-29(17-14-23)26(33)20-7-5-4-6-8-20)25(32)19(2)34-18-24(31)28-22-11-9-21(27)10-12-22/h4-12,19,23H,3,13-18H2,1-2H3,(H,28,31). The number of amides is 3. The molecule has 182 valence electrons. The minimum absolute atomic E-state index is 0.0225. The van der Waals surface area contributed by atoms with Crippen LogP contribution in [0.5, 0.6) is 0 Å². The number of benzene rings is 2. The Balaban J connectivity index is 1.50. The number of likely N-dealkylation sites (tertiary alicyclic amines) is 1. The summed E-state index contributed by atoms with van der Waals surface area (Å²) in [5.74, 6) is -0.407. The number of anilines is 1. The number of thioether (sulfide) groups is 1. The van der Waals surface area contributed by atoms with Gasteiger partial charge in [-0.25, -0.2) is 4.39 Å². The molecule has 0 aliphatic carbocycles. The summed E-state index contributed by atoms with van der Waals surface area (Å²) in [4.78, 5) is 42.0. The smallest absolute Gasteiger partial charge is 0.253 e. The summed E-state index contributed by atoms with van der Waals surface area (Å²) in [6, 6.07) is 14.9. The Morgan fingerprint density at radius 3 is 2.35 bits per heavy atom. The lowest BCUT2D eigenvalue weighted by Gasteiger charge is -2.39. The van der Waals surface area contributed by atoms with Crippen LogP contribution in [0.2, 0.25) is 0 Å². The lowest BCUT2D eigenvalue weighted by Crippen LogP contribution is -2.50. The predicted octanol–water partition coefficient (Wildman–Crippen LogP) is 4.43. The molecule has 0 aromatic heterocycles. The zero-order valence-corrected chi connectivity index (χ0v) is 20.5. The summed E-state index contributed by atoms with van der Waals surface area (Å²) in [5, 5.41) is 2.36. The molecule has 0 saturated carbocycles. The van der Waals surface area contributed by atoms with Gasteiger partial charge in [-0.05, 0) is 62.6 Å². The van der Waals surface area contributed by atoms with Crippen molar-refractivity contribution in [3.05, 3.63) is 66.0 Å². The van der Waals surface area contributed by atoms with Crippen molar-refractivity contribution in [2.45, 2.75) is 44.4 Å². The summed E-state index contributed by atoms with van der Waals surface area (Å²) >= 11 is 1.29. The number of nitrogens with one attached hydrogen (secondary N) is 1. The van der Waals surface area contributed by atoms with Crippen molar-refractivity contribution in [1.29, 1.82) is 0 Å². The molecule has 0 radical (unpaired) electrons. The van der Waals surface area contributed by atoms with Gasteiger partial charge < -0.3 is 15.1 Å². The van der Waals surface area contributed by atoms with E-state index in [0.717, 1.165) is 19.3 Å². The lowest BCUT2D eigenvalue weighted by atomic mass is 10.0. The highest BCUT2D eigenvalue weighted by molar-refractivity contribution is 8.01. The first-order valence-electron chi connectivity index (χ1n) is 11.7. The molecule has 1 fully saturated rings. The largest absolute Gasteiger partial charge is 0.339 e. The second-order valence-corrected chi connectivity index (χ2v) is 9.76. The lowest BCUT2D eigenvalue weighted by molar-refractivity contribution is -0.133. The third-order valence-electron chi connectivity index (χ3n) is 5.90. The van der Waals surface area contributed by atoms with Gasteiger partial charge in [0.05, 0.1) is 11.0 Å². The summed E-state index contributed by atoms with van der Waals surface area (Å²) < 4.78 is 13.0. The van der Waals surface area contributed by atoms with Crippen molar-refractivity contribution < 1.29 is 18.8 Å². The van der Waals surface area contributed by atoms with Crippen LogP contribution in [-0.2, 0) is 9.59 Å². The SMILES string of the molecule is CCCN(C(=O)C(C)SCC(=O)Nc1ccc(F)cc1)C1CCN(C(=O)c2ccccc2)CC1. The molecule has 0 spiro atoms. The van der Waals surface area contributed by atoms with E-state index in [1.807, 2.05) is 54.0 Å². The van der Waals surface area contributed by atoms with Gasteiger partial charge in [0, 0.05) is 36.9 Å². The molecule has 2 aromatic carbocycles. The van der Waals surface area contributed by atoms with Crippen molar-refractivity contribution in [2.75, 3.05) is 30.7 Å². The molecular weight excluding hydrogens is 453 g/mol. The van der Waals surface area contributed by atoms with E-state index in [4.69, 9.17) is 0 Å². The molecule has 1 N–H and O–H groups in total. The monoisotopic (exact) mass is 485 g/mol. The molecule has 1 unspecified atom stereocenters. The number of hydrogen-bond acceptors (Lipinski definition) is 4. The zero-order chi connectivity index (χ0) is 24.5. The van der Waals surface area contributed by atoms with Crippen LogP contribution in [0, 0.1) is 5.82 Å². The van der Waals surface area contributed by atoms with Crippen molar-refractivity contribution in [1.82, 2.24) is 9.80 Å². The molecule has 3 rings (SSSR count). The molecule has 6 nitrogen and oxygen atoms in total. The summed E-state index contributed by atoms with van der Waals surface area (Å²) in [7, 11) is 0. The van der Waals surface area contributed by atoms with Gasteiger partial charge in [0.1, 0.15) is 5.82 Å². The molecule has 1 aliphatic heterocycles. The number of carbonyl (C=O) groups excluding carboxylic acids is 3. The number of halogens is 1. The number of hydrogen-bond donors (Lipinski definition) is 1. The summed E-state index contributed by atoms with van der Waals surface area (Å²) in [6.07, 6.45) is 2.33. The molecule has 1 saturated heterocycles. The molecule has 2 aromatic rings. The van der Waals surface area contributed by atoms with Crippen molar-refractivity contribution >= 4 is 35.2 Å². The molecule has 1 aliphatic rings. The van der Waals surface area contributed by atoms with Gasteiger partial charge in [0.15, 0.2) is 0 Å². The molecular formula is C26H32FN3O3S. The number of piperidine rings is 1. The van der Waals surface area contributed by atoms with Crippen LogP contribution >= 0.6 is 11.8 Å². The minimum atomic E-state index is -0.366. The summed E-state index contributed by atoms with van der Waals surface area (Å²) in [5.41, 5.74) is 1.21. The van der Waals surface area contributed by atoms with Gasteiger partial charge in [0.2, 0.25) is 11.8 Å². The maximum absolute atomic E-state index is 13.2. The van der Waals surface area contributed by atoms with E-state index in [-0.39, 0.29) is 40.6 Å². The van der Waals surface area contributed by atoms with Crippen LogP contribution in [0.1, 0.15) is 43.5 Å². The predicted molar refractivity (Wildman–Crippen MR) is 134 cm³/mol. The Labute approximate surface area is 204 Å². The van der Waals surface area contributed by atoms with E-state index in [9.17, 15) is 18.8 Å². The fraction of sp³-hybridized carbons (Fsp3) is 0.423. The van der Waals surface area contributed by atoms with E-state index in [1.165, 1.54) is 36.0 Å². The number of rotatable bonds is 9. The van der Waals surface area contributed by atoms with Crippen LogP contribution in [0.3, 0.4) is 0 Å². The Morgan fingerprint density at radius 2 is 1.74 bits per heavy atom. The van der Waals surface area contributed by atoms with E-state index < -0.39 is 0 Å². The van der Waals surface area contributed by atoms with E-state index in [1.54, 1.807) is 0 Å². The van der Waals surface area contributed by atoms with Crippen LogP contribution in [-0.4, -0.2) is 64.2 Å². The van der Waals surface area contributed by atoms with Gasteiger partial charge >= 0.3 is 0 Å². The third kappa shape index (κ3) is 7.06. The Kier molecular flexibility index (Phi) is 9.51. The topological polar surface area (TPSA) is 69.7 Å². The molecule has 1 heterocycles. The molecule has 0 bridgehead atoms. The van der Waals surface area contributed by atoms with E-state index in [0.29, 0.717) is 30.9 Å². The Bertz CT molecular complexity index is 963. The van der Waals surface area contributed by atoms with Crippen LogP contribution < -0.4 is 5.32 Å². The highest BCUT2D eigenvalue weighted by Crippen LogP contribution is 2.23. The fourth-order valence-corrected chi connectivity index (χ4v) is 4.84. The Hall–Kier alpha value is -2.87. The quantitative estimate of drug-likeness (QED) is 0.571. The van der Waals surface area contributed by atoms with Crippen LogP contribution in [0.15, 0.2) is 54.6 Å². The van der Waals surface area contributed by atoms with Crippen molar-refractivity contribution in [3.8, 4) is 0 Å². The normalized spacial score (nSPS) is 15.0.